The number of rotatable bonds is 12. The van der Waals surface area contributed by atoms with Crippen LogP contribution in [0.3, 0.4) is 0 Å². The number of methoxy groups -OCH3 is 2. The third kappa shape index (κ3) is 5.75. The second kappa shape index (κ2) is 12.0. The Bertz CT molecular complexity index is 1220. The third-order valence-electron chi connectivity index (χ3n) is 6.08. The van der Waals surface area contributed by atoms with Crippen molar-refractivity contribution in [1.29, 1.82) is 0 Å². The predicted octanol–water partition coefficient (Wildman–Crippen LogP) is 5.69. The van der Waals surface area contributed by atoms with Gasteiger partial charge in [-0.2, -0.15) is 0 Å². The standard InChI is InChI=1S/C26H36ClN3O5P/c1-16(2)30(17(3)4)36(32)26(31,34-6)24(8-7-13-28)35-25-20-14-18-9-10-19(27)15-22(18)29-21(20)11-12-23(25)33-5/h9-12,14-17,24,31H,7-8,13,28H2,1-6H3/q+1. The summed E-state index contributed by atoms with van der Waals surface area (Å²) in [5.41, 5.74) is 5.10. The zero-order chi connectivity index (χ0) is 26.6. The average Bonchev–Trinajstić information content (AvgIpc) is 2.84. The summed E-state index contributed by atoms with van der Waals surface area (Å²) in [6, 6.07) is 10.8. The number of hydrogen-bond acceptors (Lipinski definition) is 7. The molecule has 0 saturated heterocycles. The van der Waals surface area contributed by atoms with E-state index >= 15 is 0 Å². The van der Waals surface area contributed by atoms with E-state index in [4.69, 9.17) is 36.5 Å². The van der Waals surface area contributed by atoms with Crippen LogP contribution in [0.2, 0.25) is 5.02 Å². The number of aliphatic hydroxyl groups is 1. The van der Waals surface area contributed by atoms with Gasteiger partial charge in [0.2, 0.25) is 6.10 Å². The van der Waals surface area contributed by atoms with Crippen molar-refractivity contribution in [2.45, 2.75) is 64.3 Å². The van der Waals surface area contributed by atoms with Crippen LogP contribution in [-0.4, -0.2) is 59.2 Å². The van der Waals surface area contributed by atoms with E-state index in [2.05, 4.69) is 0 Å². The van der Waals surface area contributed by atoms with Crippen molar-refractivity contribution in [2.24, 2.45) is 5.73 Å². The lowest BCUT2D eigenvalue weighted by Crippen LogP contribution is -2.49. The summed E-state index contributed by atoms with van der Waals surface area (Å²) in [5, 5.41) is 13.9. The molecular formula is C26H36ClN3O5P+. The number of benzene rings is 2. The fourth-order valence-corrected chi connectivity index (χ4v) is 6.31. The van der Waals surface area contributed by atoms with Gasteiger partial charge in [0.05, 0.1) is 18.1 Å². The lowest BCUT2D eigenvalue weighted by molar-refractivity contribution is -0.177. The molecule has 2 aromatic carbocycles. The molecule has 3 unspecified atom stereocenters. The lowest BCUT2D eigenvalue weighted by atomic mass is 10.1. The van der Waals surface area contributed by atoms with Gasteiger partial charge in [0.15, 0.2) is 11.5 Å². The molecule has 3 atom stereocenters. The average molecular weight is 537 g/mol. The number of ether oxygens (including phenoxy) is 3. The molecule has 0 amide bonds. The summed E-state index contributed by atoms with van der Waals surface area (Å²) < 4.78 is 33.2. The van der Waals surface area contributed by atoms with Crippen molar-refractivity contribution in [3.8, 4) is 11.5 Å². The normalized spacial score (nSPS) is 15.1. The highest BCUT2D eigenvalue weighted by Gasteiger charge is 2.61. The maximum atomic E-state index is 13.8. The molecule has 3 N–H and O–H groups in total. The molecule has 0 fully saturated rings. The Balaban J connectivity index is 2.17. The first kappa shape index (κ1) is 28.5. The fraction of sp³-hybridized carbons (Fsp3) is 0.500. The number of nitrogens with zero attached hydrogens (tertiary/aromatic N) is 2. The van der Waals surface area contributed by atoms with E-state index in [1.165, 1.54) is 7.11 Å². The number of nitrogens with two attached hydrogens (primary N) is 1. The van der Waals surface area contributed by atoms with Crippen LogP contribution >= 0.6 is 19.6 Å². The van der Waals surface area contributed by atoms with Crippen molar-refractivity contribution >= 4 is 41.4 Å². The van der Waals surface area contributed by atoms with Crippen LogP contribution in [0, 0.1) is 0 Å². The molecule has 0 aliphatic heterocycles. The van der Waals surface area contributed by atoms with Crippen LogP contribution < -0.4 is 15.2 Å². The SMILES string of the molecule is COc1ccc2nc3cc(Cl)ccc3cc2c1OC(CCCN)C(O)(OC)[P+](=O)N(C(C)C)C(C)C. The molecule has 0 aliphatic rings. The molecule has 0 saturated carbocycles. The van der Waals surface area contributed by atoms with E-state index in [0.717, 1.165) is 10.9 Å². The summed E-state index contributed by atoms with van der Waals surface area (Å²) in [5.74, 6) is 0.828. The van der Waals surface area contributed by atoms with Crippen LogP contribution in [0.1, 0.15) is 40.5 Å². The summed E-state index contributed by atoms with van der Waals surface area (Å²) in [6.45, 7) is 8.07. The minimum atomic E-state index is -2.43. The van der Waals surface area contributed by atoms with Gasteiger partial charge in [0, 0.05) is 35.0 Å². The molecule has 0 radical (unpaired) electrons. The van der Waals surface area contributed by atoms with E-state index in [1.807, 2.05) is 45.9 Å². The topological polar surface area (TPSA) is 107 Å². The molecule has 3 rings (SSSR count). The van der Waals surface area contributed by atoms with Crippen LogP contribution in [-0.2, 0) is 9.30 Å². The number of hydrogen-bond donors (Lipinski definition) is 2. The minimum absolute atomic E-state index is 0.0973. The van der Waals surface area contributed by atoms with Gasteiger partial charge in [-0.3, -0.25) is 0 Å². The molecule has 0 aliphatic carbocycles. The van der Waals surface area contributed by atoms with Gasteiger partial charge in [0.1, 0.15) is 0 Å². The first-order chi connectivity index (χ1) is 17.1. The van der Waals surface area contributed by atoms with Gasteiger partial charge in [-0.1, -0.05) is 22.3 Å². The van der Waals surface area contributed by atoms with Gasteiger partial charge < -0.3 is 25.1 Å². The second-order valence-electron chi connectivity index (χ2n) is 9.23. The van der Waals surface area contributed by atoms with Crippen molar-refractivity contribution in [3.63, 3.8) is 0 Å². The summed E-state index contributed by atoms with van der Waals surface area (Å²) >= 11 is 6.16. The Labute approximate surface area is 218 Å². The highest BCUT2D eigenvalue weighted by Crippen LogP contribution is 2.49. The Morgan fingerprint density at radius 2 is 1.81 bits per heavy atom. The molecule has 1 aromatic heterocycles. The van der Waals surface area contributed by atoms with Crippen molar-refractivity contribution in [1.82, 2.24) is 9.65 Å². The van der Waals surface area contributed by atoms with Crippen molar-refractivity contribution in [3.05, 3.63) is 41.4 Å². The monoisotopic (exact) mass is 536 g/mol. The fourth-order valence-electron chi connectivity index (χ4n) is 4.39. The first-order valence-corrected chi connectivity index (χ1v) is 13.6. The Morgan fingerprint density at radius 1 is 1.11 bits per heavy atom. The van der Waals surface area contributed by atoms with Crippen LogP contribution in [0.4, 0.5) is 0 Å². The molecule has 0 bridgehead atoms. The molecule has 8 nitrogen and oxygen atoms in total. The van der Waals surface area contributed by atoms with Gasteiger partial charge in [-0.15, -0.1) is 0 Å². The van der Waals surface area contributed by atoms with Gasteiger partial charge >= 0.3 is 13.5 Å². The Morgan fingerprint density at radius 3 is 2.39 bits per heavy atom. The lowest BCUT2D eigenvalue weighted by Gasteiger charge is -2.31. The highest BCUT2D eigenvalue weighted by molar-refractivity contribution is 7.43. The van der Waals surface area contributed by atoms with Gasteiger partial charge in [-0.05, 0) is 82.0 Å². The third-order valence-corrected chi connectivity index (χ3v) is 8.68. The zero-order valence-electron chi connectivity index (χ0n) is 21.7. The van der Waals surface area contributed by atoms with Crippen molar-refractivity contribution in [2.75, 3.05) is 20.8 Å². The summed E-state index contributed by atoms with van der Waals surface area (Å²) in [4.78, 5) is 4.74. The number of aromatic nitrogens is 1. The van der Waals surface area contributed by atoms with Gasteiger partial charge in [0.25, 0.3) is 0 Å². The van der Waals surface area contributed by atoms with E-state index < -0.39 is 19.6 Å². The van der Waals surface area contributed by atoms with E-state index in [9.17, 15) is 9.67 Å². The predicted molar refractivity (Wildman–Crippen MR) is 145 cm³/mol. The number of pyridine rings is 1. The molecule has 1 heterocycles. The summed E-state index contributed by atoms with van der Waals surface area (Å²) in [6.07, 6.45) is -0.173. The maximum absolute atomic E-state index is 13.8. The van der Waals surface area contributed by atoms with E-state index in [1.54, 1.807) is 30.0 Å². The van der Waals surface area contributed by atoms with Crippen LogP contribution in [0.5, 0.6) is 11.5 Å². The maximum Gasteiger partial charge on any atom is 0.506 e. The minimum Gasteiger partial charge on any atom is -0.493 e. The zero-order valence-corrected chi connectivity index (χ0v) is 23.3. The molecule has 36 heavy (non-hydrogen) atoms. The van der Waals surface area contributed by atoms with E-state index in [-0.39, 0.29) is 12.1 Å². The second-order valence-corrected chi connectivity index (χ2v) is 11.3. The van der Waals surface area contributed by atoms with E-state index in [0.29, 0.717) is 46.8 Å². The number of fused-ring (bicyclic) bond motifs is 2. The Kier molecular flexibility index (Phi) is 9.50. The van der Waals surface area contributed by atoms with Crippen LogP contribution in [0.15, 0.2) is 36.4 Å². The summed E-state index contributed by atoms with van der Waals surface area (Å²) in [7, 11) is 0.449. The highest BCUT2D eigenvalue weighted by atomic mass is 35.5. The molecule has 196 valence electrons. The first-order valence-electron chi connectivity index (χ1n) is 12.0. The number of halogens is 1. The smallest absolute Gasteiger partial charge is 0.493 e. The van der Waals surface area contributed by atoms with Gasteiger partial charge in [-0.25, -0.2) is 4.98 Å². The molecule has 0 spiro atoms. The molecule has 3 aromatic rings. The Hall–Kier alpha value is -2.06. The quantitative estimate of drug-likeness (QED) is 0.173. The van der Waals surface area contributed by atoms with Crippen LogP contribution in [0.25, 0.3) is 21.8 Å². The van der Waals surface area contributed by atoms with Crippen molar-refractivity contribution < 1.29 is 23.9 Å². The molecule has 10 heteroatoms. The largest absolute Gasteiger partial charge is 0.506 e. The molecular weight excluding hydrogens is 501 g/mol.